The lowest BCUT2D eigenvalue weighted by Crippen LogP contribution is -2.13. The normalized spacial score (nSPS) is 10.4. The first kappa shape index (κ1) is 15.3. The Balaban J connectivity index is 2.14. The Bertz CT molecular complexity index is 651. The summed E-state index contributed by atoms with van der Waals surface area (Å²) >= 11 is 1.28. The summed E-state index contributed by atoms with van der Waals surface area (Å²) in [6, 6.07) is 5.89. The fourth-order valence-electron chi connectivity index (χ4n) is 1.94. The van der Waals surface area contributed by atoms with Gasteiger partial charge in [-0.15, -0.1) is 0 Å². The van der Waals surface area contributed by atoms with Crippen LogP contribution in [0.3, 0.4) is 0 Å². The smallest absolute Gasteiger partial charge is 0.269 e. The highest BCUT2D eigenvalue weighted by Gasteiger charge is 2.16. The fraction of sp³-hybridized carbons (Fsp3) is 0.333. The minimum atomic E-state index is -0.221. The number of hydrogen-bond donors (Lipinski definition) is 3. The summed E-state index contributed by atoms with van der Waals surface area (Å²) in [5.74, 6) is 0.0439. The van der Waals surface area contributed by atoms with Crippen molar-refractivity contribution >= 4 is 33.9 Å². The van der Waals surface area contributed by atoms with Crippen LogP contribution >= 0.6 is 11.3 Å². The number of carbonyl (C=O) groups excluding carboxylic acids is 1. The van der Waals surface area contributed by atoms with E-state index in [1.54, 1.807) is 0 Å². The van der Waals surface area contributed by atoms with Gasteiger partial charge >= 0.3 is 0 Å². The van der Waals surface area contributed by atoms with E-state index >= 15 is 0 Å². The van der Waals surface area contributed by atoms with Gasteiger partial charge in [0, 0.05) is 12.2 Å². The number of aromatic nitrogens is 1. The zero-order valence-corrected chi connectivity index (χ0v) is 13.3. The van der Waals surface area contributed by atoms with E-state index in [0.717, 1.165) is 29.8 Å². The van der Waals surface area contributed by atoms with Gasteiger partial charge in [0.1, 0.15) is 10.7 Å². The molecule has 21 heavy (non-hydrogen) atoms. The molecule has 0 saturated carbocycles. The molecule has 0 bridgehead atoms. The molecule has 0 atom stereocenters. The average molecular weight is 304 g/mol. The van der Waals surface area contributed by atoms with Crippen LogP contribution in [0.25, 0.3) is 0 Å². The van der Waals surface area contributed by atoms with Gasteiger partial charge in [-0.3, -0.25) is 4.79 Å². The van der Waals surface area contributed by atoms with Crippen LogP contribution in [0.1, 0.15) is 34.1 Å². The van der Waals surface area contributed by atoms with Crippen molar-refractivity contribution in [3.8, 4) is 0 Å². The molecule has 5 nitrogen and oxygen atoms in total. The number of hydrogen-bond acceptors (Lipinski definition) is 5. The van der Waals surface area contributed by atoms with Crippen LogP contribution < -0.4 is 16.4 Å². The largest absolute Gasteiger partial charge is 0.382 e. The minimum Gasteiger partial charge on any atom is -0.382 e. The van der Waals surface area contributed by atoms with Gasteiger partial charge in [0.15, 0.2) is 5.13 Å². The topological polar surface area (TPSA) is 80.0 Å². The monoisotopic (exact) mass is 304 g/mol. The first-order valence-corrected chi connectivity index (χ1v) is 7.71. The van der Waals surface area contributed by atoms with Gasteiger partial charge in [-0.2, -0.15) is 0 Å². The van der Waals surface area contributed by atoms with Crippen LogP contribution in [-0.2, 0) is 0 Å². The molecule has 2 rings (SSSR count). The molecule has 1 aromatic carbocycles. The van der Waals surface area contributed by atoms with Crippen LogP contribution in [0, 0.1) is 13.8 Å². The SMILES string of the molecule is CCCNc1nc(N)c(C(=O)Nc2ccc(C)cc2C)s1. The zero-order chi connectivity index (χ0) is 15.4. The van der Waals surface area contributed by atoms with Crippen molar-refractivity contribution in [1.82, 2.24) is 4.98 Å². The highest BCUT2D eigenvalue weighted by molar-refractivity contribution is 7.18. The molecule has 112 valence electrons. The summed E-state index contributed by atoms with van der Waals surface area (Å²) in [6.45, 7) is 6.86. The lowest BCUT2D eigenvalue weighted by molar-refractivity contribution is 0.103. The first-order valence-electron chi connectivity index (χ1n) is 6.90. The standard InChI is InChI=1S/C15H20N4OS/c1-4-7-17-15-19-13(16)12(21-15)14(20)18-11-6-5-9(2)8-10(11)3/h5-6,8H,4,7,16H2,1-3H3,(H,17,19)(H,18,20). The minimum absolute atomic E-state index is 0.221. The summed E-state index contributed by atoms with van der Waals surface area (Å²) in [4.78, 5) is 16.9. The summed E-state index contributed by atoms with van der Waals surface area (Å²) in [5, 5.41) is 6.71. The van der Waals surface area contributed by atoms with Gasteiger partial charge < -0.3 is 16.4 Å². The molecule has 0 aliphatic carbocycles. The second kappa shape index (κ2) is 6.58. The molecular formula is C15H20N4OS. The van der Waals surface area contributed by atoms with Crippen molar-refractivity contribution < 1.29 is 4.79 Å². The molecule has 1 heterocycles. The predicted molar refractivity (Wildman–Crippen MR) is 89.2 cm³/mol. The molecule has 0 fully saturated rings. The van der Waals surface area contributed by atoms with Crippen LogP contribution in [0.5, 0.6) is 0 Å². The molecule has 0 spiro atoms. The summed E-state index contributed by atoms with van der Waals surface area (Å²) in [5.41, 5.74) is 8.81. The van der Waals surface area contributed by atoms with E-state index in [1.807, 2.05) is 32.0 Å². The molecule has 6 heteroatoms. The number of rotatable bonds is 5. The van der Waals surface area contributed by atoms with E-state index in [-0.39, 0.29) is 11.7 Å². The lowest BCUT2D eigenvalue weighted by Gasteiger charge is -2.08. The summed E-state index contributed by atoms with van der Waals surface area (Å²) in [7, 11) is 0. The molecule has 2 aromatic rings. The van der Waals surface area contributed by atoms with Gasteiger partial charge in [0.2, 0.25) is 0 Å². The number of nitrogens with two attached hydrogens (primary N) is 1. The quantitative estimate of drug-likeness (QED) is 0.790. The van der Waals surface area contributed by atoms with Crippen LogP contribution in [0.15, 0.2) is 18.2 Å². The van der Waals surface area contributed by atoms with Gasteiger partial charge in [0.25, 0.3) is 5.91 Å². The Hall–Kier alpha value is -2.08. The maximum Gasteiger partial charge on any atom is 0.269 e. The molecule has 0 saturated heterocycles. The maximum absolute atomic E-state index is 12.3. The van der Waals surface area contributed by atoms with Crippen molar-refractivity contribution in [2.24, 2.45) is 0 Å². The molecule has 0 unspecified atom stereocenters. The number of nitrogens with one attached hydrogen (secondary N) is 2. The predicted octanol–water partition coefficient (Wildman–Crippen LogP) is 3.42. The fourth-order valence-corrected chi connectivity index (χ4v) is 2.74. The second-order valence-corrected chi connectivity index (χ2v) is 5.93. The van der Waals surface area contributed by atoms with Crippen molar-refractivity contribution in [3.63, 3.8) is 0 Å². The molecule has 1 aromatic heterocycles. The van der Waals surface area contributed by atoms with Gasteiger partial charge in [-0.25, -0.2) is 4.98 Å². The Kier molecular flexibility index (Phi) is 4.80. The van der Waals surface area contributed by atoms with Crippen molar-refractivity contribution in [2.45, 2.75) is 27.2 Å². The number of amides is 1. The Labute approximate surface area is 128 Å². The van der Waals surface area contributed by atoms with E-state index < -0.39 is 0 Å². The van der Waals surface area contributed by atoms with Gasteiger partial charge in [-0.05, 0) is 31.9 Å². The highest BCUT2D eigenvalue weighted by Crippen LogP contribution is 2.26. The second-order valence-electron chi connectivity index (χ2n) is 4.93. The molecule has 0 radical (unpaired) electrons. The number of benzene rings is 1. The third-order valence-electron chi connectivity index (χ3n) is 3.02. The number of carbonyl (C=O) groups is 1. The van der Waals surface area contributed by atoms with Gasteiger partial charge in [-0.1, -0.05) is 36.0 Å². The Morgan fingerprint density at radius 1 is 1.38 bits per heavy atom. The summed E-state index contributed by atoms with van der Waals surface area (Å²) in [6.07, 6.45) is 0.990. The highest BCUT2D eigenvalue weighted by atomic mass is 32.1. The molecule has 0 aliphatic rings. The first-order chi connectivity index (χ1) is 10.0. The molecule has 4 N–H and O–H groups in total. The van der Waals surface area contributed by atoms with E-state index in [9.17, 15) is 4.79 Å². The van der Waals surface area contributed by atoms with Crippen LogP contribution in [0.2, 0.25) is 0 Å². The van der Waals surface area contributed by atoms with E-state index in [2.05, 4.69) is 22.5 Å². The molecule has 1 amide bonds. The number of aryl methyl sites for hydroxylation is 2. The third kappa shape index (κ3) is 3.72. The van der Waals surface area contributed by atoms with Crippen LogP contribution in [0.4, 0.5) is 16.6 Å². The van der Waals surface area contributed by atoms with Crippen LogP contribution in [-0.4, -0.2) is 17.4 Å². The number of nitrogens with zero attached hydrogens (tertiary/aromatic N) is 1. The average Bonchev–Trinajstić information content (AvgIpc) is 2.81. The number of anilines is 3. The zero-order valence-electron chi connectivity index (χ0n) is 12.5. The Morgan fingerprint density at radius 3 is 2.81 bits per heavy atom. The third-order valence-corrected chi connectivity index (χ3v) is 4.04. The molecular weight excluding hydrogens is 284 g/mol. The van der Waals surface area contributed by atoms with Crippen molar-refractivity contribution in [2.75, 3.05) is 22.9 Å². The van der Waals surface area contributed by atoms with Crippen molar-refractivity contribution in [3.05, 3.63) is 34.2 Å². The molecule has 0 aliphatic heterocycles. The van der Waals surface area contributed by atoms with Crippen molar-refractivity contribution in [1.29, 1.82) is 0 Å². The van der Waals surface area contributed by atoms with E-state index in [1.165, 1.54) is 11.3 Å². The van der Waals surface area contributed by atoms with Gasteiger partial charge in [0.05, 0.1) is 0 Å². The van der Waals surface area contributed by atoms with E-state index in [0.29, 0.717) is 10.0 Å². The Morgan fingerprint density at radius 2 is 2.14 bits per heavy atom. The lowest BCUT2D eigenvalue weighted by atomic mass is 10.1. The number of thiazole rings is 1. The van der Waals surface area contributed by atoms with E-state index in [4.69, 9.17) is 5.73 Å². The number of nitrogen functional groups attached to an aromatic ring is 1. The summed E-state index contributed by atoms with van der Waals surface area (Å²) < 4.78 is 0. The maximum atomic E-state index is 12.3.